The minimum atomic E-state index is -0.372. The normalized spacial score (nSPS) is 12.7. The van der Waals surface area contributed by atoms with Gasteiger partial charge in [-0.05, 0) is 78.4 Å². The lowest BCUT2D eigenvalue weighted by Crippen LogP contribution is -2.26. The maximum atomic E-state index is 12.9. The maximum Gasteiger partial charge on any atom is 0.410 e. The maximum absolute atomic E-state index is 12.9. The van der Waals surface area contributed by atoms with Gasteiger partial charge in [0.15, 0.2) is 11.6 Å². The van der Waals surface area contributed by atoms with E-state index in [-0.39, 0.29) is 12.7 Å². The molecule has 14 heteroatoms. The van der Waals surface area contributed by atoms with Gasteiger partial charge in [0, 0.05) is 41.3 Å². The number of hydrogen-bond donors (Lipinski definition) is 3. The standard InChI is InChI=1S/C28H23N5O3.C20H17N5O/c29-27-26-25(30-18-31-27)23-15-32(28(34)35-17-19-7-3-1-4-8-19)16-24(23)33(26)20-11-13-22(14-12-20)36-21-9-5-2-6-10-21;21-20-19-18(23-12-24-20)16-10-22-11-17(16)25(19)13-6-8-15(9-7-13)26-14-4-2-1-3-5-14/h1-14,18H,15-17H2,(H2,29,30,31);1-9,12,22H,10-11H2,(H2,21,23,24). The molecule has 306 valence electrons. The number of ether oxygens (including phenoxy) is 3. The molecule has 2 aliphatic rings. The summed E-state index contributed by atoms with van der Waals surface area (Å²) in [4.78, 5) is 31.9. The number of nitrogens with two attached hydrogens (primary N) is 2. The molecule has 0 spiro atoms. The van der Waals surface area contributed by atoms with Crippen LogP contribution in [0.25, 0.3) is 33.4 Å². The van der Waals surface area contributed by atoms with Crippen LogP contribution in [0.3, 0.4) is 0 Å². The Bertz CT molecular complexity index is 3030. The van der Waals surface area contributed by atoms with Crippen LogP contribution in [0.1, 0.15) is 28.1 Å². The van der Waals surface area contributed by atoms with Crippen molar-refractivity contribution in [2.24, 2.45) is 0 Å². The number of para-hydroxylation sites is 2. The van der Waals surface area contributed by atoms with E-state index in [9.17, 15) is 4.79 Å². The lowest BCUT2D eigenvalue weighted by atomic mass is 10.2. The number of amides is 1. The highest BCUT2D eigenvalue weighted by Gasteiger charge is 2.33. The fourth-order valence-electron chi connectivity index (χ4n) is 8.00. The number of hydrogen-bond acceptors (Lipinski definition) is 11. The number of nitrogens with one attached hydrogen (secondary N) is 1. The zero-order valence-corrected chi connectivity index (χ0v) is 33.4. The third-order valence-electron chi connectivity index (χ3n) is 10.9. The van der Waals surface area contributed by atoms with E-state index in [0.29, 0.717) is 30.5 Å². The number of fused-ring (bicyclic) bond motifs is 6. The van der Waals surface area contributed by atoms with E-state index in [1.54, 1.807) is 4.90 Å². The van der Waals surface area contributed by atoms with Gasteiger partial charge in [-0.15, -0.1) is 0 Å². The monoisotopic (exact) mass is 820 g/mol. The first-order valence-corrected chi connectivity index (χ1v) is 20.1. The van der Waals surface area contributed by atoms with Crippen LogP contribution >= 0.6 is 0 Å². The third kappa shape index (κ3) is 7.35. The van der Waals surface area contributed by atoms with Gasteiger partial charge in [0.25, 0.3) is 0 Å². The van der Waals surface area contributed by atoms with Crippen molar-refractivity contribution in [1.82, 2.24) is 39.3 Å². The van der Waals surface area contributed by atoms with Crippen LogP contribution < -0.4 is 26.3 Å². The molecule has 2 aliphatic heterocycles. The zero-order valence-electron chi connectivity index (χ0n) is 33.4. The fourth-order valence-corrected chi connectivity index (χ4v) is 8.00. The lowest BCUT2D eigenvalue weighted by Gasteiger charge is -2.18. The largest absolute Gasteiger partial charge is 0.457 e. The molecule has 0 radical (unpaired) electrons. The Morgan fingerprint density at radius 3 is 1.58 bits per heavy atom. The van der Waals surface area contributed by atoms with Crippen LogP contribution in [-0.4, -0.2) is 40.1 Å². The predicted octanol–water partition coefficient (Wildman–Crippen LogP) is 8.85. The predicted molar refractivity (Wildman–Crippen MR) is 236 cm³/mol. The van der Waals surface area contributed by atoms with E-state index in [1.807, 2.05) is 144 Å². The highest BCUT2D eigenvalue weighted by atomic mass is 16.6. The molecule has 0 saturated heterocycles. The Balaban J connectivity index is 0.000000156. The van der Waals surface area contributed by atoms with Crippen LogP contribution in [0, 0.1) is 0 Å². The molecule has 62 heavy (non-hydrogen) atoms. The van der Waals surface area contributed by atoms with Crippen LogP contribution in [0.5, 0.6) is 23.0 Å². The summed E-state index contributed by atoms with van der Waals surface area (Å²) in [5, 5.41) is 3.39. The van der Waals surface area contributed by atoms with Crippen molar-refractivity contribution < 1.29 is 19.0 Å². The van der Waals surface area contributed by atoms with E-state index in [4.69, 9.17) is 25.7 Å². The van der Waals surface area contributed by atoms with Gasteiger partial charge in [-0.1, -0.05) is 66.7 Å². The number of aromatic nitrogens is 6. The van der Waals surface area contributed by atoms with E-state index < -0.39 is 0 Å². The van der Waals surface area contributed by atoms with Crippen LogP contribution in [0.2, 0.25) is 0 Å². The molecule has 0 bridgehead atoms. The van der Waals surface area contributed by atoms with Gasteiger partial charge < -0.3 is 40.1 Å². The molecule has 9 aromatic rings. The first-order chi connectivity index (χ1) is 30.5. The number of rotatable bonds is 8. The van der Waals surface area contributed by atoms with Crippen molar-refractivity contribution in [2.75, 3.05) is 11.5 Å². The van der Waals surface area contributed by atoms with Crippen LogP contribution in [0.4, 0.5) is 16.4 Å². The second kappa shape index (κ2) is 16.4. The number of nitrogen functional groups attached to an aromatic ring is 2. The van der Waals surface area contributed by atoms with Crippen molar-refractivity contribution in [1.29, 1.82) is 0 Å². The van der Waals surface area contributed by atoms with Gasteiger partial charge in [-0.25, -0.2) is 24.7 Å². The molecule has 5 aromatic carbocycles. The topological polar surface area (TPSA) is 173 Å². The molecule has 6 heterocycles. The van der Waals surface area contributed by atoms with Crippen molar-refractivity contribution in [3.8, 4) is 34.4 Å². The Labute approximate surface area is 356 Å². The molecule has 0 fully saturated rings. The molecular formula is C48H40N10O4. The van der Waals surface area contributed by atoms with Gasteiger partial charge in [0.2, 0.25) is 0 Å². The first kappa shape index (κ1) is 38.0. The molecule has 0 aliphatic carbocycles. The summed E-state index contributed by atoms with van der Waals surface area (Å²) < 4.78 is 21.6. The summed E-state index contributed by atoms with van der Waals surface area (Å²) >= 11 is 0. The quantitative estimate of drug-likeness (QED) is 0.134. The van der Waals surface area contributed by atoms with Crippen molar-refractivity contribution in [3.63, 3.8) is 0 Å². The molecule has 0 saturated carbocycles. The summed E-state index contributed by atoms with van der Waals surface area (Å²) in [7, 11) is 0. The molecule has 14 nitrogen and oxygen atoms in total. The Kier molecular flexibility index (Phi) is 10.1. The van der Waals surface area contributed by atoms with Crippen molar-refractivity contribution in [2.45, 2.75) is 32.8 Å². The van der Waals surface area contributed by atoms with Gasteiger partial charge >= 0.3 is 6.09 Å². The number of benzene rings is 5. The minimum Gasteiger partial charge on any atom is -0.457 e. The summed E-state index contributed by atoms with van der Waals surface area (Å²) in [6, 6.07) is 44.7. The van der Waals surface area contributed by atoms with Crippen LogP contribution in [0.15, 0.2) is 152 Å². The Hall–Kier alpha value is -8.23. The number of carbonyl (C=O) groups is 1. The summed E-state index contributed by atoms with van der Waals surface area (Å²) in [6.45, 7) is 2.57. The highest BCUT2D eigenvalue weighted by Crippen LogP contribution is 2.38. The average molecular weight is 821 g/mol. The second-order valence-corrected chi connectivity index (χ2v) is 14.8. The van der Waals surface area contributed by atoms with E-state index >= 15 is 0 Å². The SMILES string of the molecule is Nc1ncnc2c3c(n(-c4ccc(Oc5ccccc5)cc4)c12)CN(C(=O)OCc1ccccc1)C3.Nc1ncnc2c3c(n(-c4ccc(Oc5ccccc5)cc4)c12)CNC3. The lowest BCUT2D eigenvalue weighted by molar-refractivity contribution is 0.0952. The zero-order chi connectivity index (χ0) is 42.0. The summed E-state index contributed by atoms with van der Waals surface area (Å²) in [5.41, 5.74) is 22.8. The van der Waals surface area contributed by atoms with Gasteiger partial charge in [0.1, 0.15) is 53.3 Å². The molecule has 11 rings (SSSR count). The molecule has 0 unspecified atom stereocenters. The number of nitrogens with zero attached hydrogens (tertiary/aromatic N) is 7. The van der Waals surface area contributed by atoms with Gasteiger partial charge in [-0.2, -0.15) is 0 Å². The highest BCUT2D eigenvalue weighted by molar-refractivity contribution is 5.92. The third-order valence-corrected chi connectivity index (χ3v) is 10.9. The molecule has 5 N–H and O–H groups in total. The smallest absolute Gasteiger partial charge is 0.410 e. The summed E-state index contributed by atoms with van der Waals surface area (Å²) in [5.74, 6) is 3.96. The number of carbonyl (C=O) groups excluding carboxylic acids is 1. The van der Waals surface area contributed by atoms with E-state index in [0.717, 1.165) is 80.6 Å². The average Bonchev–Trinajstić information content (AvgIpc) is 4.10. The van der Waals surface area contributed by atoms with E-state index in [2.05, 4.69) is 29.8 Å². The molecular weight excluding hydrogens is 781 g/mol. The van der Waals surface area contributed by atoms with Gasteiger partial charge in [0.05, 0.1) is 29.8 Å². The minimum absolute atomic E-state index is 0.221. The first-order valence-electron chi connectivity index (χ1n) is 20.1. The van der Waals surface area contributed by atoms with Crippen molar-refractivity contribution >= 4 is 39.8 Å². The molecule has 0 atom stereocenters. The van der Waals surface area contributed by atoms with Gasteiger partial charge in [-0.3, -0.25) is 4.90 Å². The fraction of sp³-hybridized carbons (Fsp3) is 0.104. The van der Waals surface area contributed by atoms with E-state index in [1.165, 1.54) is 23.9 Å². The second-order valence-electron chi connectivity index (χ2n) is 14.8. The molecule has 1 amide bonds. The molecule has 4 aromatic heterocycles. The Morgan fingerprint density at radius 1 is 0.548 bits per heavy atom. The summed E-state index contributed by atoms with van der Waals surface area (Å²) in [6.07, 6.45) is 2.61. The van der Waals surface area contributed by atoms with Crippen molar-refractivity contribution in [3.05, 3.63) is 180 Å². The Morgan fingerprint density at radius 2 is 1.03 bits per heavy atom. The number of anilines is 2. The van der Waals surface area contributed by atoms with Crippen LogP contribution in [-0.2, 0) is 37.5 Å².